The fourth-order valence-corrected chi connectivity index (χ4v) is 1.95. The molecule has 1 aromatic rings. The molecule has 0 heterocycles. The zero-order chi connectivity index (χ0) is 10.3. The second-order valence-corrected chi connectivity index (χ2v) is 4.41. The summed E-state index contributed by atoms with van der Waals surface area (Å²) in [6.07, 6.45) is 2.64. The molecule has 1 aliphatic carbocycles. The largest absolute Gasteiger partial charge is 0.507 e. The fourth-order valence-electron chi connectivity index (χ4n) is 1.71. The number of benzene rings is 1. The monoisotopic (exact) mass is 211 g/mol. The summed E-state index contributed by atoms with van der Waals surface area (Å²) in [5.74, 6) is 0.330. The molecule has 76 valence electrons. The van der Waals surface area contributed by atoms with Crippen LogP contribution in [0.2, 0.25) is 5.02 Å². The summed E-state index contributed by atoms with van der Waals surface area (Å²) in [5, 5.41) is 10.6. The minimum absolute atomic E-state index is 0.321. The van der Waals surface area contributed by atoms with Gasteiger partial charge in [-0.1, -0.05) is 18.5 Å². The Morgan fingerprint density at radius 3 is 2.64 bits per heavy atom. The lowest BCUT2D eigenvalue weighted by atomic mass is 10.00. The third-order valence-electron chi connectivity index (χ3n) is 2.86. The summed E-state index contributed by atoms with van der Waals surface area (Å²) in [7, 11) is 0. The Balaban J connectivity index is 2.54. The molecule has 3 heteroatoms. The molecular formula is C11H14ClNO. The minimum Gasteiger partial charge on any atom is -0.507 e. The molecule has 0 aliphatic heterocycles. The van der Waals surface area contributed by atoms with Gasteiger partial charge in [0.25, 0.3) is 0 Å². The lowest BCUT2D eigenvalue weighted by Crippen LogP contribution is -2.19. The maximum absolute atomic E-state index is 9.95. The van der Waals surface area contributed by atoms with E-state index in [9.17, 15) is 5.11 Å². The van der Waals surface area contributed by atoms with Crippen molar-refractivity contribution in [3.05, 3.63) is 28.3 Å². The highest BCUT2D eigenvalue weighted by Crippen LogP contribution is 2.48. The third kappa shape index (κ3) is 1.49. The molecule has 1 saturated carbocycles. The van der Waals surface area contributed by atoms with Crippen LogP contribution in [0.5, 0.6) is 5.75 Å². The number of hydrogen-bond donors (Lipinski definition) is 2. The number of phenolic OH excluding ortho intramolecular Hbond substituents is 1. The van der Waals surface area contributed by atoms with E-state index in [1.165, 1.54) is 0 Å². The molecule has 2 nitrogen and oxygen atoms in total. The van der Waals surface area contributed by atoms with Crippen molar-refractivity contribution in [1.82, 2.24) is 0 Å². The lowest BCUT2D eigenvalue weighted by molar-refractivity contribution is 0.453. The van der Waals surface area contributed by atoms with Crippen LogP contribution in [-0.4, -0.2) is 5.11 Å². The molecule has 1 aliphatic rings. The number of aromatic hydroxyl groups is 1. The highest BCUT2D eigenvalue weighted by atomic mass is 35.5. The van der Waals surface area contributed by atoms with Crippen molar-refractivity contribution in [2.75, 3.05) is 0 Å². The van der Waals surface area contributed by atoms with Crippen LogP contribution < -0.4 is 5.73 Å². The second kappa shape index (κ2) is 3.14. The Hall–Kier alpha value is -0.730. The molecule has 1 fully saturated rings. The van der Waals surface area contributed by atoms with Crippen molar-refractivity contribution >= 4 is 11.6 Å². The van der Waals surface area contributed by atoms with Gasteiger partial charge in [0, 0.05) is 16.1 Å². The number of aryl methyl sites for hydroxylation is 1. The molecule has 3 N–H and O–H groups in total. The first-order valence-corrected chi connectivity index (χ1v) is 5.25. The Morgan fingerprint density at radius 2 is 2.14 bits per heavy atom. The molecule has 0 amide bonds. The third-order valence-corrected chi connectivity index (χ3v) is 3.08. The summed E-state index contributed by atoms with van der Waals surface area (Å²) in [6.45, 7) is 1.99. The van der Waals surface area contributed by atoms with E-state index in [4.69, 9.17) is 17.3 Å². The van der Waals surface area contributed by atoms with Gasteiger partial charge in [0.15, 0.2) is 0 Å². The number of phenols is 1. The van der Waals surface area contributed by atoms with Gasteiger partial charge in [-0.3, -0.25) is 0 Å². The number of halogens is 1. The van der Waals surface area contributed by atoms with Gasteiger partial charge >= 0.3 is 0 Å². The van der Waals surface area contributed by atoms with Gasteiger partial charge in [-0.05, 0) is 37.0 Å². The quantitative estimate of drug-likeness (QED) is 0.790. The minimum atomic E-state index is -0.321. The molecule has 2 rings (SSSR count). The summed E-state index contributed by atoms with van der Waals surface area (Å²) in [6, 6.07) is 3.58. The Kier molecular flexibility index (Phi) is 2.20. The number of hydrogen-bond acceptors (Lipinski definition) is 2. The van der Waals surface area contributed by atoms with Crippen molar-refractivity contribution in [3.63, 3.8) is 0 Å². The predicted molar refractivity (Wildman–Crippen MR) is 57.6 cm³/mol. The highest BCUT2D eigenvalue weighted by Gasteiger charge is 2.42. The zero-order valence-electron chi connectivity index (χ0n) is 8.18. The van der Waals surface area contributed by atoms with Gasteiger partial charge < -0.3 is 10.8 Å². The molecule has 0 aromatic heterocycles. The van der Waals surface area contributed by atoms with Gasteiger partial charge in [-0.15, -0.1) is 0 Å². The van der Waals surface area contributed by atoms with E-state index in [-0.39, 0.29) is 5.54 Å². The predicted octanol–water partition coefficient (Wildman–Crippen LogP) is 2.56. The SMILES string of the molecule is CCc1cc(Cl)cc(C2(N)CC2)c1O. The van der Waals surface area contributed by atoms with Gasteiger partial charge in [0.05, 0.1) is 0 Å². The van der Waals surface area contributed by atoms with E-state index in [2.05, 4.69) is 0 Å². The molecule has 0 saturated heterocycles. The van der Waals surface area contributed by atoms with E-state index in [0.717, 1.165) is 30.4 Å². The lowest BCUT2D eigenvalue weighted by Gasteiger charge is -2.14. The molecule has 0 spiro atoms. The highest BCUT2D eigenvalue weighted by molar-refractivity contribution is 6.30. The normalized spacial score (nSPS) is 18.2. The molecule has 1 aromatic carbocycles. The summed E-state index contributed by atoms with van der Waals surface area (Å²) in [4.78, 5) is 0. The first-order chi connectivity index (χ1) is 6.57. The Labute approximate surface area is 88.7 Å². The molecule has 14 heavy (non-hydrogen) atoms. The van der Waals surface area contributed by atoms with E-state index in [0.29, 0.717) is 10.8 Å². The van der Waals surface area contributed by atoms with Crippen LogP contribution in [0.4, 0.5) is 0 Å². The van der Waals surface area contributed by atoms with Crippen molar-refractivity contribution in [2.45, 2.75) is 31.7 Å². The fraction of sp³-hybridized carbons (Fsp3) is 0.455. The molecule has 0 unspecified atom stereocenters. The number of nitrogens with two attached hydrogens (primary N) is 1. The van der Waals surface area contributed by atoms with Crippen LogP contribution in [0.1, 0.15) is 30.9 Å². The summed E-state index contributed by atoms with van der Waals surface area (Å²) in [5.41, 5.74) is 7.41. The van der Waals surface area contributed by atoms with E-state index >= 15 is 0 Å². The van der Waals surface area contributed by atoms with Gasteiger partial charge in [0.2, 0.25) is 0 Å². The van der Waals surface area contributed by atoms with Crippen LogP contribution in [0.3, 0.4) is 0 Å². The first-order valence-electron chi connectivity index (χ1n) is 4.87. The summed E-state index contributed by atoms with van der Waals surface area (Å²) >= 11 is 5.97. The number of rotatable bonds is 2. The Morgan fingerprint density at radius 1 is 1.50 bits per heavy atom. The van der Waals surface area contributed by atoms with Crippen molar-refractivity contribution in [3.8, 4) is 5.75 Å². The Bertz CT molecular complexity index is 372. The maximum atomic E-state index is 9.95. The van der Waals surface area contributed by atoms with Gasteiger partial charge in [-0.25, -0.2) is 0 Å². The van der Waals surface area contributed by atoms with E-state index in [1.54, 1.807) is 12.1 Å². The van der Waals surface area contributed by atoms with Crippen LogP contribution >= 0.6 is 11.6 Å². The van der Waals surface area contributed by atoms with Crippen LogP contribution in [0.15, 0.2) is 12.1 Å². The van der Waals surface area contributed by atoms with E-state index < -0.39 is 0 Å². The molecular weight excluding hydrogens is 198 g/mol. The average molecular weight is 212 g/mol. The van der Waals surface area contributed by atoms with Crippen LogP contribution in [0.25, 0.3) is 0 Å². The van der Waals surface area contributed by atoms with Crippen molar-refractivity contribution in [1.29, 1.82) is 0 Å². The van der Waals surface area contributed by atoms with Gasteiger partial charge in [-0.2, -0.15) is 0 Å². The second-order valence-electron chi connectivity index (χ2n) is 3.97. The van der Waals surface area contributed by atoms with Crippen LogP contribution in [-0.2, 0) is 12.0 Å². The standard InChI is InChI=1S/C11H14ClNO/c1-2-7-5-8(12)6-9(10(7)14)11(13)3-4-11/h5-6,14H,2-4,13H2,1H3. The van der Waals surface area contributed by atoms with Crippen molar-refractivity contribution < 1.29 is 5.11 Å². The molecule has 0 radical (unpaired) electrons. The van der Waals surface area contributed by atoms with Crippen LogP contribution in [0, 0.1) is 0 Å². The molecule has 0 bridgehead atoms. The topological polar surface area (TPSA) is 46.2 Å². The smallest absolute Gasteiger partial charge is 0.123 e. The maximum Gasteiger partial charge on any atom is 0.123 e. The zero-order valence-corrected chi connectivity index (χ0v) is 8.93. The van der Waals surface area contributed by atoms with Crippen molar-refractivity contribution in [2.24, 2.45) is 5.73 Å². The van der Waals surface area contributed by atoms with Gasteiger partial charge in [0.1, 0.15) is 5.75 Å². The summed E-state index contributed by atoms with van der Waals surface area (Å²) < 4.78 is 0. The van der Waals surface area contributed by atoms with E-state index in [1.807, 2.05) is 6.92 Å². The average Bonchev–Trinajstić information content (AvgIpc) is 2.88. The molecule has 0 atom stereocenters. The first kappa shape index (κ1) is 9.81.